The van der Waals surface area contributed by atoms with Crippen molar-refractivity contribution in [3.05, 3.63) is 59.7 Å². The number of ether oxygens (including phenoxy) is 2. The molecule has 0 heterocycles. The van der Waals surface area contributed by atoms with Gasteiger partial charge in [0.25, 0.3) is 0 Å². The second-order valence-electron chi connectivity index (χ2n) is 12.7. The van der Waals surface area contributed by atoms with Crippen LogP contribution >= 0.6 is 0 Å². The number of aliphatic hydroxyl groups is 2. The molecule has 8 nitrogen and oxygen atoms in total. The fourth-order valence-electron chi connectivity index (χ4n) is 4.40. The van der Waals surface area contributed by atoms with Crippen molar-refractivity contribution < 1.29 is 29.3 Å². The van der Waals surface area contributed by atoms with Gasteiger partial charge in [-0.1, -0.05) is 63.8 Å². The summed E-state index contributed by atoms with van der Waals surface area (Å²) in [5.74, 6) is 0.254. The number of hydrogen-bond acceptors (Lipinski definition) is 8. The molecule has 244 valence electrons. The Morgan fingerprint density at radius 1 is 0.705 bits per heavy atom. The van der Waals surface area contributed by atoms with E-state index in [4.69, 9.17) is 9.47 Å². The fraction of sp³-hybridized carbons (Fsp3) is 0.556. The van der Waals surface area contributed by atoms with Gasteiger partial charge in [0, 0.05) is 12.4 Å². The number of carbonyl (C=O) groups excluding carboxylic acids is 2. The van der Waals surface area contributed by atoms with Crippen molar-refractivity contribution in [1.29, 1.82) is 0 Å². The van der Waals surface area contributed by atoms with Gasteiger partial charge in [-0.25, -0.2) is 9.59 Å². The molecule has 8 heteroatoms. The van der Waals surface area contributed by atoms with Crippen LogP contribution in [0.15, 0.2) is 58.5 Å². The van der Waals surface area contributed by atoms with Crippen molar-refractivity contribution in [2.75, 3.05) is 14.2 Å². The molecule has 2 atom stereocenters. The molecule has 2 rings (SSSR count). The average molecular weight is 611 g/mol. The summed E-state index contributed by atoms with van der Waals surface area (Å²) in [4.78, 5) is 32.1. The summed E-state index contributed by atoms with van der Waals surface area (Å²) in [7, 11) is 2.74. The summed E-state index contributed by atoms with van der Waals surface area (Å²) < 4.78 is 9.51. The Balaban J connectivity index is 0.000000440. The Labute approximate surface area is 264 Å². The third-order valence-corrected chi connectivity index (χ3v) is 7.07. The molecule has 0 fully saturated rings. The van der Waals surface area contributed by atoms with Gasteiger partial charge in [-0.2, -0.15) is 0 Å². The SMILES string of the molecule is COC(=O)c1ccccc1N=CCC(C)CCCC(C)(C)O.COC(=O)c1ccccc1N=CC[C@@H](C)CCCC(C)(C)O. The molecule has 2 aromatic carbocycles. The second kappa shape index (κ2) is 19.8. The minimum Gasteiger partial charge on any atom is -0.465 e. The fourth-order valence-corrected chi connectivity index (χ4v) is 4.40. The minimum atomic E-state index is -0.590. The lowest BCUT2D eigenvalue weighted by molar-refractivity contribution is 0.0592. The quantitative estimate of drug-likeness (QED) is 0.146. The highest BCUT2D eigenvalue weighted by molar-refractivity contribution is 5.96. The normalized spacial score (nSPS) is 13.3. The summed E-state index contributed by atoms with van der Waals surface area (Å²) >= 11 is 0. The van der Waals surface area contributed by atoms with Crippen molar-refractivity contribution in [3.8, 4) is 0 Å². The van der Waals surface area contributed by atoms with Crippen LogP contribution in [0, 0.1) is 11.8 Å². The largest absolute Gasteiger partial charge is 0.465 e. The maximum absolute atomic E-state index is 11.6. The first-order valence-corrected chi connectivity index (χ1v) is 15.5. The number of carbonyl (C=O) groups is 2. The topological polar surface area (TPSA) is 118 Å². The lowest BCUT2D eigenvalue weighted by Crippen LogP contribution is -2.18. The van der Waals surface area contributed by atoms with E-state index in [1.165, 1.54) is 14.2 Å². The minimum absolute atomic E-state index is 0.369. The van der Waals surface area contributed by atoms with Crippen molar-refractivity contribution >= 4 is 35.7 Å². The first kappa shape index (κ1) is 38.7. The van der Waals surface area contributed by atoms with Gasteiger partial charge in [0.05, 0.1) is 47.9 Å². The Morgan fingerprint density at radius 3 is 1.36 bits per heavy atom. The van der Waals surface area contributed by atoms with Gasteiger partial charge in [0.2, 0.25) is 0 Å². The molecular weight excluding hydrogens is 556 g/mol. The zero-order valence-electron chi connectivity index (χ0n) is 28.0. The molecule has 0 aliphatic rings. The summed E-state index contributed by atoms with van der Waals surface area (Å²) in [6.45, 7) is 11.7. The predicted octanol–water partition coefficient (Wildman–Crippen LogP) is 8.29. The zero-order valence-corrected chi connectivity index (χ0v) is 28.0. The van der Waals surface area contributed by atoms with E-state index in [2.05, 4.69) is 23.8 Å². The van der Waals surface area contributed by atoms with Gasteiger partial charge >= 0.3 is 11.9 Å². The van der Waals surface area contributed by atoms with E-state index in [1.54, 1.807) is 24.3 Å². The number of benzene rings is 2. The van der Waals surface area contributed by atoms with Gasteiger partial charge in [0.15, 0.2) is 0 Å². The molecular formula is C36H54N2O6. The molecule has 44 heavy (non-hydrogen) atoms. The second-order valence-corrected chi connectivity index (χ2v) is 12.7. The smallest absolute Gasteiger partial charge is 0.340 e. The van der Waals surface area contributed by atoms with Crippen molar-refractivity contribution in [2.45, 2.75) is 104 Å². The average Bonchev–Trinajstić information content (AvgIpc) is 2.96. The van der Waals surface area contributed by atoms with Crippen molar-refractivity contribution in [1.82, 2.24) is 0 Å². The van der Waals surface area contributed by atoms with Crippen LogP contribution in [0.2, 0.25) is 0 Å². The predicted molar refractivity (Wildman–Crippen MR) is 180 cm³/mol. The molecule has 0 amide bonds. The standard InChI is InChI=1S/2C18H27NO3/c2*1-14(8-7-12-18(2,3)21)11-13-19-16-10-6-5-9-15(16)17(20)22-4/h2*5-6,9-10,13-14,21H,7-8,11-12H2,1-4H3/t14-;/m0./s1. The van der Waals surface area contributed by atoms with Crippen LogP contribution in [0.3, 0.4) is 0 Å². The van der Waals surface area contributed by atoms with Crippen LogP contribution in [0.1, 0.15) is 114 Å². The highest BCUT2D eigenvalue weighted by Crippen LogP contribution is 2.22. The molecule has 2 aromatic rings. The summed E-state index contributed by atoms with van der Waals surface area (Å²) in [6.07, 6.45) is 11.1. The molecule has 0 saturated carbocycles. The monoisotopic (exact) mass is 610 g/mol. The van der Waals surface area contributed by atoms with Crippen LogP contribution < -0.4 is 0 Å². The van der Waals surface area contributed by atoms with Crippen LogP contribution in [-0.2, 0) is 9.47 Å². The van der Waals surface area contributed by atoms with Gasteiger partial charge in [-0.15, -0.1) is 0 Å². The molecule has 2 N–H and O–H groups in total. The molecule has 0 spiro atoms. The Bertz CT molecular complexity index is 1100. The van der Waals surface area contributed by atoms with Gasteiger partial charge in [0.1, 0.15) is 0 Å². The van der Waals surface area contributed by atoms with E-state index < -0.39 is 11.2 Å². The molecule has 0 bridgehead atoms. The molecule has 1 unspecified atom stereocenters. The number of nitrogens with zero attached hydrogens (tertiary/aromatic N) is 2. The Morgan fingerprint density at radius 2 is 1.05 bits per heavy atom. The van der Waals surface area contributed by atoms with E-state index in [9.17, 15) is 19.8 Å². The third kappa shape index (κ3) is 17.1. The Kier molecular flexibility index (Phi) is 17.4. The number of rotatable bonds is 16. The number of esters is 2. The first-order chi connectivity index (χ1) is 20.7. The zero-order chi connectivity index (χ0) is 33.2. The van der Waals surface area contributed by atoms with Crippen LogP contribution in [0.4, 0.5) is 11.4 Å². The van der Waals surface area contributed by atoms with E-state index >= 15 is 0 Å². The molecule has 0 saturated heterocycles. The highest BCUT2D eigenvalue weighted by atomic mass is 16.5. The van der Waals surface area contributed by atoms with Crippen molar-refractivity contribution in [3.63, 3.8) is 0 Å². The third-order valence-electron chi connectivity index (χ3n) is 7.07. The van der Waals surface area contributed by atoms with Crippen LogP contribution in [0.25, 0.3) is 0 Å². The number of hydrogen-bond donors (Lipinski definition) is 2. The van der Waals surface area contributed by atoms with Gasteiger partial charge in [-0.05, 0) is 89.5 Å². The maximum Gasteiger partial charge on any atom is 0.340 e. The highest BCUT2D eigenvalue weighted by Gasteiger charge is 2.14. The Hall–Kier alpha value is -3.36. The lowest BCUT2D eigenvalue weighted by atomic mass is 9.95. The molecule has 0 radical (unpaired) electrons. The van der Waals surface area contributed by atoms with Gasteiger partial charge < -0.3 is 19.7 Å². The van der Waals surface area contributed by atoms with Crippen LogP contribution in [-0.4, -0.2) is 60.0 Å². The number of aliphatic imine (C=N–C) groups is 2. The first-order valence-electron chi connectivity index (χ1n) is 15.5. The molecule has 0 aliphatic carbocycles. The van der Waals surface area contributed by atoms with E-state index in [0.717, 1.165) is 51.4 Å². The lowest BCUT2D eigenvalue weighted by Gasteiger charge is -2.17. The summed E-state index contributed by atoms with van der Waals surface area (Å²) in [6, 6.07) is 14.3. The van der Waals surface area contributed by atoms with E-state index in [0.29, 0.717) is 34.3 Å². The summed E-state index contributed by atoms with van der Waals surface area (Å²) in [5.41, 5.74) is 1.06. The number of para-hydroxylation sites is 2. The van der Waals surface area contributed by atoms with Gasteiger partial charge in [-0.3, -0.25) is 9.98 Å². The maximum atomic E-state index is 11.6. The van der Waals surface area contributed by atoms with Crippen LogP contribution in [0.5, 0.6) is 0 Å². The van der Waals surface area contributed by atoms with Crippen molar-refractivity contribution in [2.24, 2.45) is 21.8 Å². The molecule has 0 aromatic heterocycles. The molecule has 0 aliphatic heterocycles. The van der Waals surface area contributed by atoms with E-state index in [-0.39, 0.29) is 11.9 Å². The summed E-state index contributed by atoms with van der Waals surface area (Å²) in [5, 5.41) is 19.4. The van der Waals surface area contributed by atoms with E-state index in [1.807, 2.05) is 64.4 Å². The number of methoxy groups -OCH3 is 2.